The summed E-state index contributed by atoms with van der Waals surface area (Å²) in [4.78, 5) is 11.7. The zero-order valence-corrected chi connectivity index (χ0v) is 9.79. The first-order valence-corrected chi connectivity index (χ1v) is 5.35. The highest BCUT2D eigenvalue weighted by atomic mass is 35.5. The van der Waals surface area contributed by atoms with Gasteiger partial charge < -0.3 is 0 Å². The van der Waals surface area contributed by atoms with E-state index in [9.17, 15) is 4.79 Å². The third-order valence-corrected chi connectivity index (χ3v) is 2.50. The highest BCUT2D eigenvalue weighted by Crippen LogP contribution is 2.23. The van der Waals surface area contributed by atoms with E-state index >= 15 is 0 Å². The molecule has 80 valence electrons. The Morgan fingerprint density at radius 3 is 2.47 bits per heavy atom. The lowest BCUT2D eigenvalue weighted by molar-refractivity contribution is -0.122. The first kappa shape index (κ1) is 12.0. The average Bonchev–Trinajstić information content (AvgIpc) is 2.19. The second-order valence-electron chi connectivity index (χ2n) is 4.20. The third kappa shape index (κ3) is 3.52. The monoisotopic (exact) mass is 222 g/mol. The fraction of sp³-hybridized carbons (Fsp3) is 0.308. The lowest BCUT2D eigenvalue weighted by Crippen LogP contribution is -2.24. The average molecular weight is 223 g/mol. The van der Waals surface area contributed by atoms with E-state index < -0.39 is 5.41 Å². The van der Waals surface area contributed by atoms with Crippen molar-refractivity contribution in [3.05, 3.63) is 47.5 Å². The van der Waals surface area contributed by atoms with Crippen LogP contribution in [0.4, 0.5) is 0 Å². The maximum Gasteiger partial charge on any atom is 0.162 e. The van der Waals surface area contributed by atoms with E-state index in [0.29, 0.717) is 0 Å². The molecule has 0 aromatic heterocycles. The van der Waals surface area contributed by atoms with Crippen molar-refractivity contribution in [3.63, 3.8) is 0 Å². The normalized spacial score (nSPS) is 11.9. The summed E-state index contributed by atoms with van der Waals surface area (Å²) >= 11 is 5.40. The highest BCUT2D eigenvalue weighted by Gasteiger charge is 2.25. The molecule has 0 aliphatic rings. The number of benzene rings is 1. The first-order valence-electron chi connectivity index (χ1n) is 4.91. The minimum Gasteiger partial charge on any atom is -0.294 e. The molecule has 0 spiro atoms. The molecule has 0 bridgehead atoms. The molecule has 0 atom stereocenters. The van der Waals surface area contributed by atoms with Gasteiger partial charge in [-0.15, -0.1) is 0 Å². The Bertz CT molecular complexity index is 352. The van der Waals surface area contributed by atoms with Gasteiger partial charge >= 0.3 is 0 Å². The summed E-state index contributed by atoms with van der Waals surface area (Å²) in [5.74, 6) is 0.0568. The molecule has 0 fully saturated rings. The summed E-state index contributed by atoms with van der Waals surface area (Å²) < 4.78 is 0. The maximum absolute atomic E-state index is 11.7. The molecule has 1 aromatic carbocycles. The first-order chi connectivity index (χ1) is 7.06. The number of carbonyl (C=O) groups excluding carboxylic acids is 1. The van der Waals surface area contributed by atoms with Crippen molar-refractivity contribution in [1.82, 2.24) is 0 Å². The van der Waals surface area contributed by atoms with E-state index in [1.165, 1.54) is 17.2 Å². The Balaban J connectivity index is 2.76. The van der Waals surface area contributed by atoms with Gasteiger partial charge in [0.15, 0.2) is 5.78 Å². The second kappa shape index (κ2) is 5.13. The molecule has 1 rings (SSSR count). The van der Waals surface area contributed by atoms with Gasteiger partial charge in [-0.25, -0.2) is 0 Å². The van der Waals surface area contributed by atoms with Crippen LogP contribution in [0.5, 0.6) is 0 Å². The zero-order valence-electron chi connectivity index (χ0n) is 9.03. The summed E-state index contributed by atoms with van der Waals surface area (Å²) in [5.41, 5.74) is 2.04. The molecular formula is C13H15ClO. The molecule has 0 amide bonds. The summed E-state index contributed by atoms with van der Waals surface area (Å²) in [6, 6.07) is 9.98. The van der Waals surface area contributed by atoms with Gasteiger partial charge in [0.1, 0.15) is 0 Å². The van der Waals surface area contributed by atoms with Crippen LogP contribution in [-0.2, 0) is 11.2 Å². The SMILES string of the molecule is CC(C)(Cc1ccccc1)C(=O)/C=C/Cl. The van der Waals surface area contributed by atoms with Gasteiger partial charge in [-0.3, -0.25) is 4.79 Å². The zero-order chi connectivity index (χ0) is 11.3. The van der Waals surface area contributed by atoms with Crippen molar-refractivity contribution in [2.75, 3.05) is 0 Å². The van der Waals surface area contributed by atoms with E-state index in [0.717, 1.165) is 6.42 Å². The van der Waals surface area contributed by atoms with E-state index in [2.05, 4.69) is 0 Å². The van der Waals surface area contributed by atoms with Crippen LogP contribution in [0.25, 0.3) is 0 Å². The summed E-state index contributed by atoms with van der Waals surface area (Å²) in [7, 11) is 0. The number of rotatable bonds is 4. The molecule has 0 saturated heterocycles. The number of halogens is 1. The molecule has 0 aliphatic carbocycles. The Morgan fingerprint density at radius 2 is 1.93 bits per heavy atom. The molecule has 0 radical (unpaired) electrons. The fourth-order valence-electron chi connectivity index (χ4n) is 1.48. The number of hydrogen-bond acceptors (Lipinski definition) is 1. The van der Waals surface area contributed by atoms with Gasteiger partial charge in [0, 0.05) is 11.0 Å². The quantitative estimate of drug-likeness (QED) is 0.712. The predicted octanol–water partition coefficient (Wildman–Crippen LogP) is 3.58. The molecule has 1 aromatic rings. The van der Waals surface area contributed by atoms with Crippen molar-refractivity contribution in [3.8, 4) is 0 Å². The minimum atomic E-state index is -0.396. The van der Waals surface area contributed by atoms with Crippen molar-refractivity contribution in [2.24, 2.45) is 5.41 Å². The van der Waals surface area contributed by atoms with Crippen molar-refractivity contribution in [2.45, 2.75) is 20.3 Å². The number of ketones is 1. The molecular weight excluding hydrogens is 208 g/mol. The number of carbonyl (C=O) groups is 1. The van der Waals surface area contributed by atoms with Crippen LogP contribution in [0.2, 0.25) is 0 Å². The highest BCUT2D eigenvalue weighted by molar-refractivity contribution is 6.27. The number of hydrogen-bond donors (Lipinski definition) is 0. The van der Waals surface area contributed by atoms with Gasteiger partial charge in [0.25, 0.3) is 0 Å². The molecule has 0 unspecified atom stereocenters. The second-order valence-corrected chi connectivity index (χ2v) is 4.46. The Labute approximate surface area is 95.8 Å². The van der Waals surface area contributed by atoms with Crippen LogP contribution in [-0.4, -0.2) is 5.78 Å². The van der Waals surface area contributed by atoms with Crippen LogP contribution in [0.1, 0.15) is 19.4 Å². The smallest absolute Gasteiger partial charge is 0.162 e. The molecule has 2 heteroatoms. The van der Waals surface area contributed by atoms with Crippen molar-refractivity contribution >= 4 is 17.4 Å². The van der Waals surface area contributed by atoms with Gasteiger partial charge in [-0.05, 0) is 18.1 Å². The molecule has 15 heavy (non-hydrogen) atoms. The summed E-state index contributed by atoms with van der Waals surface area (Å²) in [6.45, 7) is 3.86. The molecule has 0 heterocycles. The van der Waals surface area contributed by atoms with Crippen LogP contribution in [0.15, 0.2) is 41.9 Å². The van der Waals surface area contributed by atoms with Gasteiger partial charge in [0.2, 0.25) is 0 Å². The topological polar surface area (TPSA) is 17.1 Å². The van der Waals surface area contributed by atoms with Gasteiger partial charge in [0.05, 0.1) is 0 Å². The summed E-state index contributed by atoms with van der Waals surface area (Å²) in [5, 5.41) is 0. The fourth-order valence-corrected chi connectivity index (χ4v) is 1.59. The van der Waals surface area contributed by atoms with E-state index in [4.69, 9.17) is 11.6 Å². The van der Waals surface area contributed by atoms with E-state index in [-0.39, 0.29) is 5.78 Å². The maximum atomic E-state index is 11.7. The number of allylic oxidation sites excluding steroid dienone is 1. The van der Waals surface area contributed by atoms with Gasteiger partial charge in [-0.1, -0.05) is 55.8 Å². The van der Waals surface area contributed by atoms with Crippen molar-refractivity contribution < 1.29 is 4.79 Å². The Kier molecular flexibility index (Phi) is 4.10. The lowest BCUT2D eigenvalue weighted by Gasteiger charge is -2.21. The third-order valence-electron chi connectivity index (χ3n) is 2.37. The molecule has 0 N–H and O–H groups in total. The van der Waals surface area contributed by atoms with Gasteiger partial charge in [-0.2, -0.15) is 0 Å². The van der Waals surface area contributed by atoms with Crippen LogP contribution >= 0.6 is 11.6 Å². The predicted molar refractivity (Wildman–Crippen MR) is 63.9 cm³/mol. The van der Waals surface area contributed by atoms with Crippen LogP contribution in [0.3, 0.4) is 0 Å². The summed E-state index contributed by atoms with van der Waals surface area (Å²) in [6.07, 6.45) is 2.15. The Hall–Kier alpha value is -1.08. The minimum absolute atomic E-state index is 0.0568. The largest absolute Gasteiger partial charge is 0.294 e. The molecule has 0 aliphatic heterocycles. The van der Waals surface area contributed by atoms with Crippen molar-refractivity contribution in [1.29, 1.82) is 0 Å². The molecule has 1 nitrogen and oxygen atoms in total. The molecule has 0 saturated carbocycles. The standard InChI is InChI=1S/C13H15ClO/c1-13(2,12(15)8-9-14)10-11-6-4-3-5-7-11/h3-9H,10H2,1-2H3/b9-8+. The van der Waals surface area contributed by atoms with E-state index in [1.807, 2.05) is 44.2 Å². The van der Waals surface area contributed by atoms with E-state index in [1.54, 1.807) is 0 Å². The van der Waals surface area contributed by atoms with Crippen LogP contribution < -0.4 is 0 Å². The lowest BCUT2D eigenvalue weighted by atomic mass is 9.82. The van der Waals surface area contributed by atoms with Crippen LogP contribution in [0, 0.1) is 5.41 Å². The Morgan fingerprint density at radius 1 is 1.33 bits per heavy atom.